The molecule has 35 heavy (non-hydrogen) atoms. The number of carbonyl (C=O) groups is 3. The molecule has 3 fully saturated rings. The van der Waals surface area contributed by atoms with Gasteiger partial charge >= 0.3 is 0 Å². The van der Waals surface area contributed by atoms with Gasteiger partial charge in [0.15, 0.2) is 5.83 Å². The van der Waals surface area contributed by atoms with Crippen LogP contribution in [0.5, 0.6) is 0 Å². The van der Waals surface area contributed by atoms with Gasteiger partial charge in [-0.2, -0.15) is 0 Å². The number of anilines is 1. The smallest absolute Gasteiger partial charge is 0.281 e. The van der Waals surface area contributed by atoms with Crippen LogP contribution >= 0.6 is 11.9 Å². The number of hydrogen-bond acceptors (Lipinski definition) is 5. The number of nitrogens with zero attached hydrogens (tertiary/aromatic N) is 3. The largest absolute Gasteiger partial charge is 0.338 e. The van der Waals surface area contributed by atoms with E-state index in [1.807, 2.05) is 25.1 Å². The van der Waals surface area contributed by atoms with Gasteiger partial charge in [0, 0.05) is 43.2 Å². The van der Waals surface area contributed by atoms with Crippen molar-refractivity contribution in [1.29, 1.82) is 0 Å². The Morgan fingerprint density at radius 3 is 2.60 bits per heavy atom. The van der Waals surface area contributed by atoms with Gasteiger partial charge in [-0.15, -0.1) is 0 Å². The summed E-state index contributed by atoms with van der Waals surface area (Å²) in [6.07, 6.45) is 5.82. The van der Waals surface area contributed by atoms with Gasteiger partial charge in [-0.1, -0.05) is 13.5 Å². The summed E-state index contributed by atoms with van der Waals surface area (Å²) in [7, 11) is 1.77. The SMILES string of the molecule is C=C(F)C(=O)N1CCC(N(C)C(=O)c2cc(SNC3(C)CC3)ccc2N(C=O)CC2CC2)C(C)C1. The minimum atomic E-state index is -0.961. The molecule has 190 valence electrons. The van der Waals surface area contributed by atoms with Crippen LogP contribution in [0.3, 0.4) is 0 Å². The first-order chi connectivity index (χ1) is 16.6. The molecule has 0 bridgehead atoms. The van der Waals surface area contributed by atoms with E-state index in [1.165, 1.54) is 16.8 Å². The predicted molar refractivity (Wildman–Crippen MR) is 136 cm³/mol. The zero-order chi connectivity index (χ0) is 25.3. The van der Waals surface area contributed by atoms with Gasteiger partial charge in [-0.25, -0.2) is 4.39 Å². The minimum Gasteiger partial charge on any atom is -0.338 e. The average molecular weight is 503 g/mol. The van der Waals surface area contributed by atoms with Crippen LogP contribution < -0.4 is 9.62 Å². The van der Waals surface area contributed by atoms with Crippen molar-refractivity contribution in [2.75, 3.05) is 31.6 Å². The van der Waals surface area contributed by atoms with Gasteiger partial charge in [0.2, 0.25) is 6.41 Å². The Morgan fingerprint density at radius 2 is 2.03 bits per heavy atom. The summed E-state index contributed by atoms with van der Waals surface area (Å²) < 4.78 is 16.8. The number of hydrogen-bond donors (Lipinski definition) is 1. The number of benzene rings is 1. The highest BCUT2D eigenvalue weighted by molar-refractivity contribution is 7.97. The van der Waals surface area contributed by atoms with Crippen molar-refractivity contribution < 1.29 is 18.8 Å². The highest BCUT2D eigenvalue weighted by atomic mass is 32.2. The van der Waals surface area contributed by atoms with Crippen LogP contribution in [0.1, 0.15) is 56.3 Å². The van der Waals surface area contributed by atoms with Crippen molar-refractivity contribution in [2.24, 2.45) is 11.8 Å². The molecule has 4 rings (SSSR count). The standard InChI is InChI=1S/C26H35FN4O3S/c1-17-14-30(24(33)18(2)27)12-9-22(17)29(4)25(34)21-13-20(35-28-26(3)10-11-26)7-8-23(21)31(16-32)15-19-5-6-19/h7-8,13,16-17,19,22,28H,2,5-6,9-12,14-15H2,1,3-4H3. The average Bonchev–Trinajstić information content (AvgIpc) is 3.78. The van der Waals surface area contributed by atoms with Crippen LogP contribution in [0.2, 0.25) is 0 Å². The van der Waals surface area contributed by atoms with Crippen molar-refractivity contribution in [2.45, 2.75) is 62.4 Å². The van der Waals surface area contributed by atoms with Gasteiger partial charge in [0.1, 0.15) is 0 Å². The summed E-state index contributed by atoms with van der Waals surface area (Å²) in [5.41, 5.74) is 1.26. The third kappa shape index (κ3) is 6.06. The second-order valence-electron chi connectivity index (χ2n) is 10.6. The highest BCUT2D eigenvalue weighted by Crippen LogP contribution is 2.39. The molecule has 9 heteroatoms. The third-order valence-electron chi connectivity index (χ3n) is 7.40. The van der Waals surface area contributed by atoms with Crippen LogP contribution in [-0.4, -0.2) is 66.3 Å². The van der Waals surface area contributed by atoms with Gasteiger partial charge in [-0.3, -0.25) is 19.1 Å². The van der Waals surface area contributed by atoms with Crippen molar-refractivity contribution in [1.82, 2.24) is 14.5 Å². The van der Waals surface area contributed by atoms with Crippen LogP contribution in [0.15, 0.2) is 35.5 Å². The normalized spacial score (nSPS) is 22.9. The van der Waals surface area contributed by atoms with Gasteiger partial charge in [-0.05, 0) is 81.0 Å². The second-order valence-corrected chi connectivity index (χ2v) is 11.4. The number of amides is 3. The van der Waals surface area contributed by atoms with E-state index in [-0.39, 0.29) is 23.4 Å². The molecule has 0 aromatic heterocycles. The molecular formula is C26H35FN4O3S. The number of nitrogens with one attached hydrogen (secondary N) is 1. The summed E-state index contributed by atoms with van der Waals surface area (Å²) >= 11 is 1.51. The lowest BCUT2D eigenvalue weighted by Gasteiger charge is -2.41. The molecule has 3 aliphatic rings. The van der Waals surface area contributed by atoms with Crippen LogP contribution in [0, 0.1) is 11.8 Å². The van der Waals surface area contributed by atoms with Gasteiger partial charge < -0.3 is 14.7 Å². The summed E-state index contributed by atoms with van der Waals surface area (Å²) in [6.45, 7) is 8.59. The summed E-state index contributed by atoms with van der Waals surface area (Å²) in [5, 5.41) is 0. The molecule has 7 nitrogen and oxygen atoms in total. The number of rotatable bonds is 10. The molecule has 1 N–H and O–H groups in total. The van der Waals surface area contributed by atoms with E-state index < -0.39 is 11.7 Å². The molecule has 1 heterocycles. The third-order valence-corrected chi connectivity index (χ3v) is 8.48. The first kappa shape index (κ1) is 25.7. The van der Waals surface area contributed by atoms with Crippen molar-refractivity contribution in [3.05, 3.63) is 36.2 Å². The number of likely N-dealkylation sites (tertiary alicyclic amines) is 1. The zero-order valence-electron chi connectivity index (χ0n) is 20.8. The molecule has 1 aromatic rings. The fourth-order valence-corrected chi connectivity index (χ4v) is 5.54. The van der Waals surface area contributed by atoms with E-state index in [4.69, 9.17) is 0 Å². The number of piperidine rings is 1. The molecule has 2 saturated carbocycles. The van der Waals surface area contributed by atoms with Crippen LogP contribution in [0.25, 0.3) is 0 Å². The Bertz CT molecular complexity index is 1010. The predicted octanol–water partition coefficient (Wildman–Crippen LogP) is 4.00. The molecule has 1 saturated heterocycles. The summed E-state index contributed by atoms with van der Waals surface area (Å²) in [4.78, 5) is 43.6. The van der Waals surface area contributed by atoms with Crippen molar-refractivity contribution in [3.8, 4) is 0 Å². The maximum Gasteiger partial charge on any atom is 0.281 e. The molecule has 0 radical (unpaired) electrons. The minimum absolute atomic E-state index is 0.0351. The van der Waals surface area contributed by atoms with E-state index in [0.29, 0.717) is 43.2 Å². The number of carbonyl (C=O) groups excluding carboxylic acids is 3. The number of halogens is 1. The Morgan fingerprint density at radius 1 is 1.31 bits per heavy atom. The topological polar surface area (TPSA) is 73.0 Å². The van der Waals surface area contributed by atoms with E-state index in [1.54, 1.807) is 16.8 Å². The van der Waals surface area contributed by atoms with E-state index >= 15 is 0 Å². The molecule has 1 aliphatic heterocycles. The van der Waals surface area contributed by atoms with Crippen LogP contribution in [0.4, 0.5) is 10.1 Å². The quantitative estimate of drug-likeness (QED) is 0.297. The second kappa shape index (κ2) is 10.3. The van der Waals surface area contributed by atoms with E-state index in [0.717, 1.165) is 37.0 Å². The fourth-order valence-electron chi connectivity index (χ4n) is 4.65. The Hall–Kier alpha value is -2.39. The zero-order valence-corrected chi connectivity index (χ0v) is 21.6. The molecule has 1 aromatic carbocycles. The van der Waals surface area contributed by atoms with Gasteiger partial charge in [0.05, 0.1) is 11.3 Å². The van der Waals surface area contributed by atoms with Crippen molar-refractivity contribution >= 4 is 35.9 Å². The molecule has 2 atom stereocenters. The molecule has 2 unspecified atom stereocenters. The van der Waals surface area contributed by atoms with Crippen LogP contribution in [-0.2, 0) is 9.59 Å². The summed E-state index contributed by atoms with van der Waals surface area (Å²) in [6, 6.07) is 5.59. The van der Waals surface area contributed by atoms with Gasteiger partial charge in [0.25, 0.3) is 11.8 Å². The first-order valence-corrected chi connectivity index (χ1v) is 13.1. The Labute approximate surface area is 211 Å². The van der Waals surface area contributed by atoms with E-state index in [9.17, 15) is 18.8 Å². The van der Waals surface area contributed by atoms with E-state index in [2.05, 4.69) is 18.2 Å². The lowest BCUT2D eigenvalue weighted by Crippen LogP contribution is -2.52. The Kier molecular flexibility index (Phi) is 7.57. The molecule has 3 amide bonds. The first-order valence-electron chi connectivity index (χ1n) is 12.3. The Balaban J connectivity index is 1.55. The fraction of sp³-hybridized carbons (Fsp3) is 0.577. The monoisotopic (exact) mass is 502 g/mol. The lowest BCUT2D eigenvalue weighted by atomic mass is 9.92. The summed E-state index contributed by atoms with van der Waals surface area (Å²) in [5.74, 6) is -1.35. The maximum absolute atomic E-state index is 13.8. The molecular weight excluding hydrogens is 467 g/mol. The highest BCUT2D eigenvalue weighted by Gasteiger charge is 2.38. The molecule has 2 aliphatic carbocycles. The lowest BCUT2D eigenvalue weighted by molar-refractivity contribution is -0.131. The maximum atomic E-state index is 13.8. The molecule has 0 spiro atoms. The van der Waals surface area contributed by atoms with Crippen molar-refractivity contribution in [3.63, 3.8) is 0 Å².